The highest BCUT2D eigenvalue weighted by Gasteiger charge is 2.33. The zero-order valence-electron chi connectivity index (χ0n) is 9.28. The Morgan fingerprint density at radius 1 is 1.53 bits per heavy atom. The van der Waals surface area contributed by atoms with E-state index in [9.17, 15) is 0 Å². The van der Waals surface area contributed by atoms with Crippen LogP contribution < -0.4 is 5.32 Å². The van der Waals surface area contributed by atoms with E-state index in [-0.39, 0.29) is 6.10 Å². The van der Waals surface area contributed by atoms with Gasteiger partial charge in [0.25, 0.3) is 0 Å². The molecule has 2 fully saturated rings. The second-order valence-electron chi connectivity index (χ2n) is 4.38. The number of hydrogen-bond acceptors (Lipinski definition) is 4. The van der Waals surface area contributed by atoms with Crippen LogP contribution in [0.4, 0.5) is 0 Å². The van der Waals surface area contributed by atoms with E-state index >= 15 is 0 Å². The van der Waals surface area contributed by atoms with Crippen LogP contribution in [0.1, 0.15) is 13.3 Å². The van der Waals surface area contributed by atoms with Crippen molar-refractivity contribution in [3.63, 3.8) is 0 Å². The van der Waals surface area contributed by atoms with Crippen LogP contribution in [0.5, 0.6) is 0 Å². The maximum atomic E-state index is 8.86. The van der Waals surface area contributed by atoms with E-state index in [1.165, 1.54) is 6.42 Å². The average Bonchev–Trinajstić information content (AvgIpc) is 2.77. The van der Waals surface area contributed by atoms with E-state index in [4.69, 9.17) is 10.00 Å². The lowest BCUT2D eigenvalue weighted by Crippen LogP contribution is -2.50. The molecule has 0 aromatic rings. The van der Waals surface area contributed by atoms with Gasteiger partial charge in [-0.1, -0.05) is 13.3 Å². The molecule has 2 rings (SSSR count). The third-order valence-corrected chi connectivity index (χ3v) is 3.54. The summed E-state index contributed by atoms with van der Waals surface area (Å²) in [6.45, 7) is 6.88. The first-order valence-electron chi connectivity index (χ1n) is 5.81. The number of nitrogens with zero attached hydrogens (tertiary/aromatic N) is 2. The fourth-order valence-corrected chi connectivity index (χ4v) is 2.61. The van der Waals surface area contributed by atoms with Gasteiger partial charge in [-0.05, 0) is 12.5 Å². The van der Waals surface area contributed by atoms with Gasteiger partial charge in [0.05, 0.1) is 12.7 Å². The molecule has 0 aromatic carbocycles. The van der Waals surface area contributed by atoms with Crippen LogP contribution in [0.15, 0.2) is 0 Å². The standard InChI is InChI=1S/C11H19N3O/c1-2-9-6-13-7-11(9)14-3-4-15-10(5-12)8-14/h9-11,13H,2-4,6-8H2,1H3. The first kappa shape index (κ1) is 10.9. The summed E-state index contributed by atoms with van der Waals surface area (Å²) in [7, 11) is 0. The Hall–Kier alpha value is -0.630. The molecular formula is C11H19N3O. The van der Waals surface area contributed by atoms with Crippen molar-refractivity contribution in [2.24, 2.45) is 5.92 Å². The van der Waals surface area contributed by atoms with E-state index in [0.29, 0.717) is 12.6 Å². The highest BCUT2D eigenvalue weighted by molar-refractivity contribution is 4.95. The van der Waals surface area contributed by atoms with Gasteiger partial charge < -0.3 is 10.1 Å². The fraction of sp³-hybridized carbons (Fsp3) is 0.909. The van der Waals surface area contributed by atoms with Gasteiger partial charge in [0.2, 0.25) is 0 Å². The summed E-state index contributed by atoms with van der Waals surface area (Å²) in [5.74, 6) is 0.738. The molecule has 0 spiro atoms. The quantitative estimate of drug-likeness (QED) is 0.706. The number of nitriles is 1. The van der Waals surface area contributed by atoms with Crippen molar-refractivity contribution >= 4 is 0 Å². The highest BCUT2D eigenvalue weighted by atomic mass is 16.5. The third kappa shape index (κ3) is 2.31. The lowest BCUT2D eigenvalue weighted by atomic mass is 9.98. The molecule has 0 bridgehead atoms. The lowest BCUT2D eigenvalue weighted by molar-refractivity contribution is -0.0209. The van der Waals surface area contributed by atoms with Gasteiger partial charge in [-0.25, -0.2) is 0 Å². The summed E-state index contributed by atoms with van der Waals surface area (Å²) in [4.78, 5) is 2.42. The minimum Gasteiger partial charge on any atom is -0.361 e. The first-order chi connectivity index (χ1) is 7.35. The fourth-order valence-electron chi connectivity index (χ4n) is 2.61. The van der Waals surface area contributed by atoms with Crippen molar-refractivity contribution in [3.05, 3.63) is 0 Å². The number of hydrogen-bond donors (Lipinski definition) is 1. The Balaban J connectivity index is 1.95. The molecule has 2 heterocycles. The van der Waals surface area contributed by atoms with Crippen LogP contribution in [-0.4, -0.2) is 49.8 Å². The van der Waals surface area contributed by atoms with Crippen LogP contribution in [-0.2, 0) is 4.74 Å². The van der Waals surface area contributed by atoms with Gasteiger partial charge in [-0.2, -0.15) is 5.26 Å². The van der Waals surface area contributed by atoms with Crippen molar-refractivity contribution in [2.45, 2.75) is 25.5 Å². The first-order valence-corrected chi connectivity index (χ1v) is 5.81. The number of morpholine rings is 1. The van der Waals surface area contributed by atoms with Crippen LogP contribution in [0.25, 0.3) is 0 Å². The van der Waals surface area contributed by atoms with Crippen molar-refractivity contribution in [3.8, 4) is 6.07 Å². The Kier molecular flexibility index (Phi) is 3.57. The smallest absolute Gasteiger partial charge is 0.156 e. The van der Waals surface area contributed by atoms with Gasteiger partial charge in [-0.15, -0.1) is 0 Å². The van der Waals surface area contributed by atoms with E-state index in [1.807, 2.05) is 0 Å². The molecule has 0 amide bonds. The van der Waals surface area contributed by atoms with Gasteiger partial charge in [0.15, 0.2) is 6.10 Å². The number of nitrogens with one attached hydrogen (secondary N) is 1. The molecule has 2 saturated heterocycles. The maximum Gasteiger partial charge on any atom is 0.156 e. The summed E-state index contributed by atoms with van der Waals surface area (Å²) in [5.41, 5.74) is 0. The second kappa shape index (κ2) is 4.93. The monoisotopic (exact) mass is 209 g/mol. The minimum absolute atomic E-state index is 0.225. The second-order valence-corrected chi connectivity index (χ2v) is 4.38. The highest BCUT2D eigenvalue weighted by Crippen LogP contribution is 2.21. The normalized spacial score (nSPS) is 37.7. The molecule has 1 N–H and O–H groups in total. The van der Waals surface area contributed by atoms with E-state index in [2.05, 4.69) is 23.2 Å². The van der Waals surface area contributed by atoms with Crippen LogP contribution in [0.2, 0.25) is 0 Å². The van der Waals surface area contributed by atoms with Crippen LogP contribution >= 0.6 is 0 Å². The Labute approximate surface area is 91.2 Å². The Morgan fingerprint density at radius 3 is 3.13 bits per heavy atom. The predicted octanol–water partition coefficient (Wildman–Crippen LogP) is 0.209. The summed E-state index contributed by atoms with van der Waals surface area (Å²) >= 11 is 0. The molecular weight excluding hydrogens is 190 g/mol. The Morgan fingerprint density at radius 2 is 2.40 bits per heavy atom. The molecule has 2 aliphatic heterocycles. The summed E-state index contributed by atoms with van der Waals surface area (Å²) in [6.07, 6.45) is 0.989. The molecule has 2 aliphatic rings. The molecule has 0 aromatic heterocycles. The maximum absolute atomic E-state index is 8.86. The lowest BCUT2D eigenvalue weighted by Gasteiger charge is -2.36. The van der Waals surface area contributed by atoms with Crippen molar-refractivity contribution < 1.29 is 4.74 Å². The number of rotatable bonds is 2. The SMILES string of the molecule is CCC1CNCC1N1CCOC(C#N)C1. The summed E-state index contributed by atoms with van der Waals surface area (Å²) in [6, 6.07) is 2.81. The van der Waals surface area contributed by atoms with Gasteiger partial charge in [0, 0.05) is 25.7 Å². The zero-order valence-corrected chi connectivity index (χ0v) is 9.28. The van der Waals surface area contributed by atoms with Crippen molar-refractivity contribution in [1.29, 1.82) is 5.26 Å². The summed E-state index contributed by atoms with van der Waals surface area (Å²) in [5, 5.41) is 12.3. The van der Waals surface area contributed by atoms with Crippen molar-refractivity contribution in [1.82, 2.24) is 10.2 Å². The molecule has 0 radical (unpaired) electrons. The average molecular weight is 209 g/mol. The van der Waals surface area contributed by atoms with E-state index < -0.39 is 0 Å². The molecule has 15 heavy (non-hydrogen) atoms. The topological polar surface area (TPSA) is 48.3 Å². The van der Waals surface area contributed by atoms with Gasteiger partial charge >= 0.3 is 0 Å². The zero-order chi connectivity index (χ0) is 10.7. The molecule has 4 heteroatoms. The minimum atomic E-state index is -0.225. The van der Waals surface area contributed by atoms with Crippen LogP contribution in [0.3, 0.4) is 0 Å². The number of ether oxygens (including phenoxy) is 1. The third-order valence-electron chi connectivity index (χ3n) is 3.54. The van der Waals surface area contributed by atoms with E-state index in [0.717, 1.165) is 32.1 Å². The molecule has 0 aliphatic carbocycles. The van der Waals surface area contributed by atoms with Gasteiger partial charge in [-0.3, -0.25) is 4.90 Å². The molecule has 3 atom stereocenters. The van der Waals surface area contributed by atoms with Gasteiger partial charge in [0.1, 0.15) is 0 Å². The molecule has 3 unspecified atom stereocenters. The van der Waals surface area contributed by atoms with Crippen molar-refractivity contribution in [2.75, 3.05) is 32.8 Å². The largest absolute Gasteiger partial charge is 0.361 e. The Bertz CT molecular complexity index is 251. The molecule has 84 valence electrons. The predicted molar refractivity (Wildman–Crippen MR) is 57.4 cm³/mol. The van der Waals surface area contributed by atoms with E-state index in [1.54, 1.807) is 0 Å². The summed E-state index contributed by atoms with van der Waals surface area (Å²) < 4.78 is 5.36. The molecule has 4 nitrogen and oxygen atoms in total. The molecule has 0 saturated carbocycles. The van der Waals surface area contributed by atoms with Crippen LogP contribution in [0, 0.1) is 17.2 Å².